The van der Waals surface area contributed by atoms with Crippen LogP contribution in [-0.2, 0) is 4.79 Å². The molecule has 0 bridgehead atoms. The largest absolute Gasteiger partial charge is 0.396 e. The zero-order chi connectivity index (χ0) is 8.10. The Kier molecular flexibility index (Phi) is 2.44. The van der Waals surface area contributed by atoms with Gasteiger partial charge in [-0.25, -0.2) is 0 Å². The maximum atomic E-state index is 10.1. The smallest absolute Gasteiger partial charge is 0.165 e. The summed E-state index contributed by atoms with van der Waals surface area (Å²) < 4.78 is 0. The number of carbonyl (C=O) groups excluding carboxylic acids is 1. The molecule has 56 valence electrons. The van der Waals surface area contributed by atoms with Gasteiger partial charge in [0, 0.05) is 0 Å². The van der Waals surface area contributed by atoms with Crippen molar-refractivity contribution in [3.63, 3.8) is 0 Å². The zero-order valence-corrected chi connectivity index (χ0v) is 6.03. The van der Waals surface area contributed by atoms with Gasteiger partial charge in [-0.15, -0.1) is 0 Å². The molecule has 0 aliphatic carbocycles. The summed E-state index contributed by atoms with van der Waals surface area (Å²) in [5, 5.41) is 0. The van der Waals surface area contributed by atoms with E-state index >= 15 is 0 Å². The summed E-state index contributed by atoms with van der Waals surface area (Å²) in [6, 6.07) is 9.47. The second kappa shape index (κ2) is 3.56. The Morgan fingerprint density at radius 1 is 1.27 bits per heavy atom. The van der Waals surface area contributed by atoms with Gasteiger partial charge in [0.25, 0.3) is 0 Å². The number of rotatable bonds is 2. The van der Waals surface area contributed by atoms with Gasteiger partial charge in [0.2, 0.25) is 0 Å². The third-order valence-corrected chi connectivity index (χ3v) is 1.27. The monoisotopic (exact) mass is 147 g/mol. The molecular formula is C9H9NO. The average Bonchev–Trinajstić information content (AvgIpc) is 2.06. The molecule has 0 radical (unpaired) electrons. The number of hydrogen-bond acceptors (Lipinski definition) is 2. The summed E-state index contributed by atoms with van der Waals surface area (Å²) in [6.45, 7) is 0. The van der Waals surface area contributed by atoms with Crippen molar-refractivity contribution in [3.8, 4) is 0 Å². The lowest BCUT2D eigenvalue weighted by Crippen LogP contribution is -1.96. The normalized spacial score (nSPS) is 11.1. The first-order valence-corrected chi connectivity index (χ1v) is 3.30. The minimum Gasteiger partial charge on any atom is -0.396 e. The number of carbonyl (C=O) groups is 1. The topological polar surface area (TPSA) is 43.1 Å². The third-order valence-electron chi connectivity index (χ3n) is 1.27. The SMILES string of the molecule is N/C(C=O)=C/c1ccccc1. The maximum Gasteiger partial charge on any atom is 0.165 e. The van der Waals surface area contributed by atoms with Crippen molar-refractivity contribution in [1.29, 1.82) is 0 Å². The minimum absolute atomic E-state index is 0.246. The minimum atomic E-state index is 0.246. The zero-order valence-electron chi connectivity index (χ0n) is 6.03. The number of hydrogen-bond donors (Lipinski definition) is 1. The molecule has 0 unspecified atom stereocenters. The fourth-order valence-electron chi connectivity index (χ4n) is 0.776. The van der Waals surface area contributed by atoms with Crippen LogP contribution in [-0.4, -0.2) is 6.29 Å². The van der Waals surface area contributed by atoms with E-state index in [-0.39, 0.29) is 5.70 Å². The van der Waals surface area contributed by atoms with E-state index in [0.717, 1.165) is 5.56 Å². The third kappa shape index (κ3) is 2.26. The Balaban J connectivity index is 2.87. The van der Waals surface area contributed by atoms with Crippen molar-refractivity contribution in [1.82, 2.24) is 0 Å². The average molecular weight is 147 g/mol. The van der Waals surface area contributed by atoms with E-state index in [1.807, 2.05) is 30.3 Å². The lowest BCUT2D eigenvalue weighted by molar-refractivity contribution is -0.104. The molecule has 0 fully saturated rings. The van der Waals surface area contributed by atoms with Crippen molar-refractivity contribution in [2.45, 2.75) is 0 Å². The molecule has 0 atom stereocenters. The van der Waals surface area contributed by atoms with Crippen molar-refractivity contribution < 1.29 is 4.79 Å². The molecule has 11 heavy (non-hydrogen) atoms. The van der Waals surface area contributed by atoms with Gasteiger partial charge in [-0.3, -0.25) is 4.79 Å². The van der Waals surface area contributed by atoms with E-state index < -0.39 is 0 Å². The summed E-state index contributed by atoms with van der Waals surface area (Å²) in [6.07, 6.45) is 2.26. The highest BCUT2D eigenvalue weighted by atomic mass is 16.1. The lowest BCUT2D eigenvalue weighted by atomic mass is 10.2. The summed E-state index contributed by atoms with van der Waals surface area (Å²) in [5.41, 5.74) is 6.49. The van der Waals surface area contributed by atoms with Crippen LogP contribution in [0.25, 0.3) is 6.08 Å². The molecule has 1 aromatic carbocycles. The molecule has 2 heteroatoms. The summed E-state index contributed by atoms with van der Waals surface area (Å²) in [4.78, 5) is 10.1. The Hall–Kier alpha value is -1.57. The second-order valence-corrected chi connectivity index (χ2v) is 2.17. The van der Waals surface area contributed by atoms with Crippen LogP contribution in [0, 0.1) is 0 Å². The van der Waals surface area contributed by atoms with Gasteiger partial charge in [-0.2, -0.15) is 0 Å². The molecule has 0 spiro atoms. The first-order valence-electron chi connectivity index (χ1n) is 3.30. The van der Waals surface area contributed by atoms with Crippen LogP contribution in [0.15, 0.2) is 36.0 Å². The highest BCUT2D eigenvalue weighted by molar-refractivity contribution is 5.80. The second-order valence-electron chi connectivity index (χ2n) is 2.17. The fourth-order valence-corrected chi connectivity index (χ4v) is 0.776. The van der Waals surface area contributed by atoms with Gasteiger partial charge in [-0.1, -0.05) is 30.3 Å². The summed E-state index contributed by atoms with van der Waals surface area (Å²) >= 11 is 0. The summed E-state index contributed by atoms with van der Waals surface area (Å²) in [7, 11) is 0. The predicted octanol–water partition coefficient (Wildman–Crippen LogP) is 1.19. The molecule has 1 rings (SSSR count). The molecule has 0 amide bonds. The van der Waals surface area contributed by atoms with E-state index in [9.17, 15) is 4.79 Å². The first kappa shape index (κ1) is 7.54. The van der Waals surface area contributed by atoms with Crippen LogP contribution in [0.3, 0.4) is 0 Å². The van der Waals surface area contributed by atoms with Gasteiger partial charge in [0.1, 0.15) is 0 Å². The predicted molar refractivity (Wildman–Crippen MR) is 44.7 cm³/mol. The molecule has 0 saturated carbocycles. The number of aldehydes is 1. The standard InChI is InChI=1S/C9H9NO/c10-9(7-11)6-8-4-2-1-3-5-8/h1-7H,10H2/b9-6+. The van der Waals surface area contributed by atoms with Crippen molar-refractivity contribution in [2.24, 2.45) is 5.73 Å². The molecule has 0 aromatic heterocycles. The van der Waals surface area contributed by atoms with Crippen molar-refractivity contribution in [2.75, 3.05) is 0 Å². The van der Waals surface area contributed by atoms with Gasteiger partial charge >= 0.3 is 0 Å². The summed E-state index contributed by atoms with van der Waals surface area (Å²) in [5.74, 6) is 0. The van der Waals surface area contributed by atoms with Crippen molar-refractivity contribution in [3.05, 3.63) is 41.6 Å². The highest BCUT2D eigenvalue weighted by Crippen LogP contribution is 2.01. The van der Waals surface area contributed by atoms with Crippen LogP contribution in [0.5, 0.6) is 0 Å². The Bertz CT molecular complexity index is 264. The molecule has 2 N–H and O–H groups in total. The van der Waals surface area contributed by atoms with Crippen LogP contribution < -0.4 is 5.73 Å². The van der Waals surface area contributed by atoms with E-state index in [0.29, 0.717) is 6.29 Å². The quantitative estimate of drug-likeness (QED) is 0.504. The Labute approximate surface area is 65.3 Å². The fraction of sp³-hybridized carbons (Fsp3) is 0. The van der Waals surface area contributed by atoms with Crippen LogP contribution in [0.2, 0.25) is 0 Å². The van der Waals surface area contributed by atoms with Crippen LogP contribution in [0.4, 0.5) is 0 Å². The molecule has 0 saturated heterocycles. The number of benzene rings is 1. The number of nitrogens with two attached hydrogens (primary N) is 1. The van der Waals surface area contributed by atoms with E-state index in [1.165, 1.54) is 0 Å². The Morgan fingerprint density at radius 3 is 2.45 bits per heavy atom. The Morgan fingerprint density at radius 2 is 1.91 bits per heavy atom. The van der Waals surface area contributed by atoms with Crippen molar-refractivity contribution >= 4 is 12.4 Å². The van der Waals surface area contributed by atoms with Gasteiger partial charge in [-0.05, 0) is 11.6 Å². The molecule has 1 aromatic rings. The molecule has 0 aliphatic rings. The van der Waals surface area contributed by atoms with E-state index in [4.69, 9.17) is 5.73 Å². The van der Waals surface area contributed by atoms with Crippen LogP contribution in [0.1, 0.15) is 5.56 Å². The maximum absolute atomic E-state index is 10.1. The molecular weight excluding hydrogens is 138 g/mol. The van der Waals surface area contributed by atoms with Gasteiger partial charge in [0.05, 0.1) is 5.70 Å². The number of allylic oxidation sites excluding steroid dienone is 1. The first-order chi connectivity index (χ1) is 5.33. The van der Waals surface area contributed by atoms with E-state index in [1.54, 1.807) is 6.08 Å². The molecule has 0 heterocycles. The van der Waals surface area contributed by atoms with Gasteiger partial charge < -0.3 is 5.73 Å². The molecule has 0 aliphatic heterocycles. The van der Waals surface area contributed by atoms with E-state index in [2.05, 4.69) is 0 Å². The van der Waals surface area contributed by atoms with Crippen LogP contribution >= 0.6 is 0 Å². The lowest BCUT2D eigenvalue weighted by Gasteiger charge is -1.91. The van der Waals surface area contributed by atoms with Gasteiger partial charge in [0.15, 0.2) is 6.29 Å². The highest BCUT2D eigenvalue weighted by Gasteiger charge is 1.86. The molecule has 2 nitrogen and oxygen atoms in total.